The molecule has 1 heterocycles. The smallest absolute Gasteiger partial charge is 0.397 e. The van der Waals surface area contributed by atoms with Gasteiger partial charge in [0.1, 0.15) is 0 Å². The highest BCUT2D eigenvalue weighted by Crippen LogP contribution is 2.32. The number of alkyl halides is 3. The van der Waals surface area contributed by atoms with Gasteiger partial charge in [-0.25, -0.2) is 0 Å². The second-order valence-electron chi connectivity index (χ2n) is 8.22. The van der Waals surface area contributed by atoms with Gasteiger partial charge in [-0.2, -0.15) is 13.2 Å². The molecule has 184 valence electrons. The average Bonchev–Trinajstić information content (AvgIpc) is 2.88. The molecule has 1 amide bonds. The van der Waals surface area contributed by atoms with Gasteiger partial charge in [0.2, 0.25) is 0 Å². The van der Waals surface area contributed by atoms with Gasteiger partial charge in [0, 0.05) is 37.0 Å². The van der Waals surface area contributed by atoms with Crippen molar-refractivity contribution in [2.75, 3.05) is 17.6 Å². The third kappa shape index (κ3) is 6.21. The Bertz CT molecular complexity index is 1320. The van der Waals surface area contributed by atoms with Gasteiger partial charge in [0.15, 0.2) is 0 Å². The Morgan fingerprint density at radius 3 is 2.36 bits per heavy atom. The van der Waals surface area contributed by atoms with E-state index in [1.165, 1.54) is 12.1 Å². The van der Waals surface area contributed by atoms with Crippen LogP contribution in [0.3, 0.4) is 0 Å². The van der Waals surface area contributed by atoms with E-state index in [-0.39, 0.29) is 12.5 Å². The molecule has 0 aliphatic rings. The van der Waals surface area contributed by atoms with Gasteiger partial charge >= 0.3 is 6.18 Å². The minimum absolute atomic E-state index is 0.249. The van der Waals surface area contributed by atoms with Crippen LogP contribution in [0.25, 0.3) is 11.1 Å². The van der Waals surface area contributed by atoms with E-state index in [0.717, 1.165) is 35.5 Å². The minimum atomic E-state index is -4.42. The number of nitrogens with zero attached hydrogens (tertiary/aromatic N) is 1. The SMILES string of the molecule is Nc1cc(CNC(=O)c2ccccc2-c2ccc(C(F)(F)F)cc2)ccc1NCCc1ccccn1. The number of hydrogen-bond acceptors (Lipinski definition) is 4. The van der Waals surface area contributed by atoms with Gasteiger partial charge < -0.3 is 16.4 Å². The summed E-state index contributed by atoms with van der Waals surface area (Å²) in [4.78, 5) is 17.2. The Labute approximate surface area is 207 Å². The zero-order valence-electron chi connectivity index (χ0n) is 19.3. The van der Waals surface area contributed by atoms with Crippen LogP contribution >= 0.6 is 0 Å². The summed E-state index contributed by atoms with van der Waals surface area (Å²) in [6.07, 6.45) is -1.90. The molecule has 5 nitrogen and oxygen atoms in total. The number of nitrogens with one attached hydrogen (secondary N) is 2. The molecule has 36 heavy (non-hydrogen) atoms. The molecule has 1 aromatic heterocycles. The van der Waals surface area contributed by atoms with Crippen LogP contribution in [0.2, 0.25) is 0 Å². The number of nitrogens with two attached hydrogens (primary N) is 1. The molecule has 4 aromatic rings. The second kappa shape index (κ2) is 10.9. The fraction of sp³-hybridized carbons (Fsp3) is 0.143. The Balaban J connectivity index is 1.38. The molecule has 0 saturated heterocycles. The number of carbonyl (C=O) groups excluding carboxylic acids is 1. The van der Waals surface area contributed by atoms with Crippen molar-refractivity contribution in [2.45, 2.75) is 19.1 Å². The lowest BCUT2D eigenvalue weighted by Crippen LogP contribution is -2.23. The van der Waals surface area contributed by atoms with Gasteiger partial charge in [-0.15, -0.1) is 0 Å². The molecule has 4 rings (SSSR count). The largest absolute Gasteiger partial charge is 0.416 e. The predicted octanol–water partition coefficient (Wildman–Crippen LogP) is 5.93. The monoisotopic (exact) mass is 490 g/mol. The van der Waals surface area contributed by atoms with E-state index in [4.69, 9.17) is 5.73 Å². The molecule has 8 heteroatoms. The van der Waals surface area contributed by atoms with Crippen molar-refractivity contribution in [3.05, 3.63) is 114 Å². The molecule has 0 saturated carbocycles. The normalized spacial score (nSPS) is 11.2. The third-order valence-electron chi connectivity index (χ3n) is 5.69. The molecule has 0 radical (unpaired) electrons. The van der Waals surface area contributed by atoms with Crippen LogP contribution in [0.4, 0.5) is 24.5 Å². The van der Waals surface area contributed by atoms with Crippen molar-refractivity contribution in [2.24, 2.45) is 0 Å². The summed E-state index contributed by atoms with van der Waals surface area (Å²) in [6, 6.07) is 22.9. The topological polar surface area (TPSA) is 80.0 Å². The van der Waals surface area contributed by atoms with Crippen molar-refractivity contribution in [3.8, 4) is 11.1 Å². The molecule has 3 aromatic carbocycles. The highest BCUT2D eigenvalue weighted by atomic mass is 19.4. The molecular weight excluding hydrogens is 465 g/mol. The van der Waals surface area contributed by atoms with Gasteiger partial charge in [-0.3, -0.25) is 9.78 Å². The summed E-state index contributed by atoms with van der Waals surface area (Å²) in [5.41, 5.74) is 10.1. The molecular formula is C28H25F3N4O. The van der Waals surface area contributed by atoms with E-state index in [1.54, 1.807) is 36.5 Å². The van der Waals surface area contributed by atoms with Crippen LogP contribution in [0.1, 0.15) is 27.2 Å². The molecule has 0 bridgehead atoms. The number of pyridine rings is 1. The third-order valence-corrected chi connectivity index (χ3v) is 5.69. The number of rotatable bonds is 8. The van der Waals surface area contributed by atoms with Crippen molar-refractivity contribution in [3.63, 3.8) is 0 Å². The number of hydrogen-bond donors (Lipinski definition) is 3. The number of aromatic nitrogens is 1. The Morgan fingerprint density at radius 1 is 0.917 bits per heavy atom. The first kappa shape index (κ1) is 24.8. The van der Waals surface area contributed by atoms with Crippen LogP contribution in [0, 0.1) is 0 Å². The maximum atomic E-state index is 12.9. The minimum Gasteiger partial charge on any atom is -0.397 e. The number of anilines is 2. The Kier molecular flexibility index (Phi) is 7.53. The zero-order valence-corrected chi connectivity index (χ0v) is 19.3. The van der Waals surface area contributed by atoms with Gasteiger partial charge in [0.25, 0.3) is 5.91 Å². The van der Waals surface area contributed by atoms with E-state index < -0.39 is 11.7 Å². The van der Waals surface area contributed by atoms with Crippen LogP contribution in [0.15, 0.2) is 91.1 Å². The van der Waals surface area contributed by atoms with Gasteiger partial charge in [-0.05, 0) is 59.2 Å². The second-order valence-corrected chi connectivity index (χ2v) is 8.22. The molecule has 0 aliphatic carbocycles. The molecule has 0 aliphatic heterocycles. The van der Waals surface area contributed by atoms with Crippen LogP contribution in [0.5, 0.6) is 0 Å². The number of carbonyl (C=O) groups is 1. The zero-order chi connectivity index (χ0) is 25.5. The molecule has 0 spiro atoms. The van der Waals surface area contributed by atoms with E-state index in [0.29, 0.717) is 28.9 Å². The average molecular weight is 491 g/mol. The Morgan fingerprint density at radius 2 is 1.67 bits per heavy atom. The van der Waals surface area contributed by atoms with E-state index in [9.17, 15) is 18.0 Å². The van der Waals surface area contributed by atoms with E-state index in [1.807, 2.05) is 30.3 Å². The van der Waals surface area contributed by atoms with E-state index >= 15 is 0 Å². The molecule has 0 fully saturated rings. The van der Waals surface area contributed by atoms with Crippen molar-refractivity contribution >= 4 is 17.3 Å². The first-order valence-corrected chi connectivity index (χ1v) is 11.4. The standard InChI is InChI=1S/C28H25F3N4O/c29-28(30,31)21-11-9-20(10-12-21)23-6-1-2-7-24(23)27(36)35-18-19-8-13-26(25(32)17-19)34-16-14-22-5-3-4-15-33-22/h1-13,15,17,34H,14,16,18,32H2,(H,35,36). The summed E-state index contributed by atoms with van der Waals surface area (Å²) < 4.78 is 38.7. The fourth-order valence-electron chi connectivity index (χ4n) is 3.80. The van der Waals surface area contributed by atoms with Crippen LogP contribution < -0.4 is 16.4 Å². The number of amides is 1. The first-order chi connectivity index (χ1) is 17.3. The van der Waals surface area contributed by atoms with Crippen LogP contribution in [-0.4, -0.2) is 17.4 Å². The maximum absolute atomic E-state index is 12.9. The summed E-state index contributed by atoms with van der Waals surface area (Å²) in [6.45, 7) is 0.927. The number of halogens is 3. The van der Waals surface area contributed by atoms with Crippen LogP contribution in [-0.2, 0) is 19.1 Å². The summed E-state index contributed by atoms with van der Waals surface area (Å²) >= 11 is 0. The summed E-state index contributed by atoms with van der Waals surface area (Å²) in [7, 11) is 0. The molecule has 0 unspecified atom stereocenters. The summed E-state index contributed by atoms with van der Waals surface area (Å²) in [5.74, 6) is -0.332. The lowest BCUT2D eigenvalue weighted by atomic mass is 9.98. The lowest BCUT2D eigenvalue weighted by Gasteiger charge is -2.13. The quantitative estimate of drug-likeness (QED) is 0.267. The van der Waals surface area contributed by atoms with Crippen molar-refractivity contribution in [1.82, 2.24) is 10.3 Å². The van der Waals surface area contributed by atoms with Crippen molar-refractivity contribution in [1.29, 1.82) is 0 Å². The predicted molar refractivity (Wildman–Crippen MR) is 135 cm³/mol. The summed E-state index contributed by atoms with van der Waals surface area (Å²) in [5, 5.41) is 6.16. The van der Waals surface area contributed by atoms with Gasteiger partial charge in [-0.1, -0.05) is 42.5 Å². The highest BCUT2D eigenvalue weighted by molar-refractivity contribution is 6.00. The van der Waals surface area contributed by atoms with Crippen molar-refractivity contribution < 1.29 is 18.0 Å². The number of nitrogen functional groups attached to an aromatic ring is 1. The Hall–Kier alpha value is -4.33. The molecule has 4 N–H and O–H groups in total. The number of benzene rings is 3. The lowest BCUT2D eigenvalue weighted by molar-refractivity contribution is -0.137. The van der Waals surface area contributed by atoms with Gasteiger partial charge in [0.05, 0.1) is 16.9 Å². The molecule has 0 atom stereocenters. The highest BCUT2D eigenvalue weighted by Gasteiger charge is 2.30. The first-order valence-electron chi connectivity index (χ1n) is 11.4. The van der Waals surface area contributed by atoms with E-state index in [2.05, 4.69) is 15.6 Å². The fourth-order valence-corrected chi connectivity index (χ4v) is 3.80. The maximum Gasteiger partial charge on any atom is 0.416 e.